The molecule has 0 bridgehead atoms. The van der Waals surface area contributed by atoms with Gasteiger partial charge < -0.3 is 9.84 Å². The molecule has 2 aromatic rings. The first-order valence-corrected chi connectivity index (χ1v) is 7.49. The smallest absolute Gasteiger partial charge is 0.365 e. The number of aromatic nitrogens is 1. The molecule has 0 fully saturated rings. The number of aromatic carboxylic acids is 1. The van der Waals surface area contributed by atoms with Gasteiger partial charge in [0.25, 0.3) is 0 Å². The number of nitrogens with zero attached hydrogens (tertiary/aromatic N) is 1. The average Bonchev–Trinajstić information content (AvgIpc) is 2.94. The number of benzene rings is 1. The topological polar surface area (TPSA) is 59.4 Å². The summed E-state index contributed by atoms with van der Waals surface area (Å²) in [4.78, 5) is 14.8. The molecule has 0 saturated carbocycles. The Balaban J connectivity index is 1.68. The van der Waals surface area contributed by atoms with Crippen LogP contribution in [0.3, 0.4) is 0 Å². The van der Waals surface area contributed by atoms with Crippen molar-refractivity contribution in [2.45, 2.75) is 32.0 Å². The number of fused-ring (bicyclic) bond motifs is 1. The summed E-state index contributed by atoms with van der Waals surface area (Å²) >= 11 is 1.14. The third-order valence-electron chi connectivity index (χ3n) is 3.48. The molecule has 20 heavy (non-hydrogen) atoms. The quantitative estimate of drug-likeness (QED) is 0.936. The van der Waals surface area contributed by atoms with Crippen molar-refractivity contribution in [2.24, 2.45) is 0 Å². The SMILES string of the molecule is O=C(O)c1nc(COC2CCCc3ccccc32)cs1. The van der Waals surface area contributed by atoms with Gasteiger partial charge in [0.15, 0.2) is 0 Å². The molecule has 1 aliphatic carbocycles. The molecule has 4 nitrogen and oxygen atoms in total. The van der Waals surface area contributed by atoms with Gasteiger partial charge in [-0.15, -0.1) is 11.3 Å². The van der Waals surface area contributed by atoms with Crippen LogP contribution in [0.2, 0.25) is 0 Å². The van der Waals surface area contributed by atoms with Gasteiger partial charge in [-0.25, -0.2) is 9.78 Å². The van der Waals surface area contributed by atoms with Gasteiger partial charge in [-0.2, -0.15) is 0 Å². The zero-order chi connectivity index (χ0) is 13.9. The standard InChI is InChI=1S/C15H15NO3S/c17-15(18)14-16-11(9-20-14)8-19-13-7-3-5-10-4-1-2-6-12(10)13/h1-2,4,6,9,13H,3,5,7-8H2,(H,17,18). The van der Waals surface area contributed by atoms with Crippen LogP contribution < -0.4 is 0 Å². The predicted octanol–water partition coefficient (Wildman–Crippen LogP) is 3.44. The zero-order valence-corrected chi connectivity index (χ0v) is 11.7. The zero-order valence-electron chi connectivity index (χ0n) is 10.9. The van der Waals surface area contributed by atoms with Crippen LogP contribution in [-0.4, -0.2) is 16.1 Å². The maximum atomic E-state index is 10.8. The highest BCUT2D eigenvalue weighted by molar-refractivity contribution is 7.11. The van der Waals surface area contributed by atoms with E-state index in [1.54, 1.807) is 5.38 Å². The number of carboxylic acid groups (broad SMARTS) is 1. The van der Waals surface area contributed by atoms with E-state index in [4.69, 9.17) is 9.84 Å². The van der Waals surface area contributed by atoms with E-state index < -0.39 is 5.97 Å². The Kier molecular flexibility index (Phi) is 3.80. The van der Waals surface area contributed by atoms with Crippen LogP contribution in [-0.2, 0) is 17.8 Å². The van der Waals surface area contributed by atoms with Crippen molar-refractivity contribution in [3.8, 4) is 0 Å². The van der Waals surface area contributed by atoms with Crippen molar-refractivity contribution in [1.29, 1.82) is 0 Å². The van der Waals surface area contributed by atoms with Crippen molar-refractivity contribution >= 4 is 17.3 Å². The largest absolute Gasteiger partial charge is 0.476 e. The Bertz CT molecular complexity index is 623. The van der Waals surface area contributed by atoms with Gasteiger partial charge in [0.2, 0.25) is 5.01 Å². The third-order valence-corrected chi connectivity index (χ3v) is 4.36. The van der Waals surface area contributed by atoms with E-state index in [1.165, 1.54) is 11.1 Å². The first-order chi connectivity index (χ1) is 9.74. The number of hydrogen-bond acceptors (Lipinski definition) is 4. The van der Waals surface area contributed by atoms with E-state index in [2.05, 4.69) is 23.2 Å². The summed E-state index contributed by atoms with van der Waals surface area (Å²) < 4.78 is 5.94. The van der Waals surface area contributed by atoms with Crippen molar-refractivity contribution in [2.75, 3.05) is 0 Å². The monoisotopic (exact) mass is 289 g/mol. The number of hydrogen-bond donors (Lipinski definition) is 1. The molecule has 0 spiro atoms. The predicted molar refractivity (Wildman–Crippen MR) is 76.0 cm³/mol. The van der Waals surface area contributed by atoms with E-state index in [-0.39, 0.29) is 11.1 Å². The highest BCUT2D eigenvalue weighted by Crippen LogP contribution is 2.32. The molecular weight excluding hydrogens is 274 g/mol. The fraction of sp³-hybridized carbons (Fsp3) is 0.333. The number of thiazole rings is 1. The summed E-state index contributed by atoms with van der Waals surface area (Å²) in [5.74, 6) is -0.982. The molecule has 0 amide bonds. The molecule has 0 radical (unpaired) electrons. The average molecular weight is 289 g/mol. The van der Waals surface area contributed by atoms with E-state index in [0.29, 0.717) is 12.3 Å². The van der Waals surface area contributed by atoms with Gasteiger partial charge in [-0.3, -0.25) is 0 Å². The minimum Gasteiger partial charge on any atom is -0.476 e. The Morgan fingerprint density at radius 3 is 3.10 bits per heavy atom. The van der Waals surface area contributed by atoms with Crippen molar-refractivity contribution in [1.82, 2.24) is 4.98 Å². The van der Waals surface area contributed by atoms with Crippen LogP contribution in [0.25, 0.3) is 0 Å². The van der Waals surface area contributed by atoms with Crippen LogP contribution >= 0.6 is 11.3 Å². The number of ether oxygens (including phenoxy) is 1. The van der Waals surface area contributed by atoms with Gasteiger partial charge in [0, 0.05) is 5.38 Å². The Labute approximate surface area is 121 Å². The van der Waals surface area contributed by atoms with Crippen LogP contribution in [0.5, 0.6) is 0 Å². The molecule has 1 heterocycles. The lowest BCUT2D eigenvalue weighted by Crippen LogP contribution is -2.12. The fourth-order valence-electron chi connectivity index (χ4n) is 2.54. The van der Waals surface area contributed by atoms with Gasteiger partial charge in [0.05, 0.1) is 18.4 Å². The summed E-state index contributed by atoms with van der Waals surface area (Å²) in [6, 6.07) is 8.35. The summed E-state index contributed by atoms with van der Waals surface area (Å²) in [5.41, 5.74) is 3.30. The normalized spacial score (nSPS) is 17.7. The molecule has 3 rings (SSSR count). The Morgan fingerprint density at radius 1 is 1.45 bits per heavy atom. The first-order valence-electron chi connectivity index (χ1n) is 6.61. The molecule has 1 aromatic carbocycles. The Hall–Kier alpha value is -1.72. The maximum Gasteiger partial charge on any atom is 0.365 e. The summed E-state index contributed by atoms with van der Waals surface area (Å²) in [5, 5.41) is 10.7. The van der Waals surface area contributed by atoms with Crippen LogP contribution in [0, 0.1) is 0 Å². The van der Waals surface area contributed by atoms with E-state index >= 15 is 0 Å². The summed E-state index contributed by atoms with van der Waals surface area (Å²) in [6.07, 6.45) is 3.33. The highest BCUT2D eigenvalue weighted by atomic mass is 32.1. The van der Waals surface area contributed by atoms with Crippen molar-refractivity contribution in [3.05, 3.63) is 51.5 Å². The Morgan fingerprint density at radius 2 is 2.30 bits per heavy atom. The minimum atomic E-state index is -0.982. The lowest BCUT2D eigenvalue weighted by Gasteiger charge is -2.25. The van der Waals surface area contributed by atoms with Crippen molar-refractivity contribution in [3.63, 3.8) is 0 Å². The van der Waals surface area contributed by atoms with E-state index in [0.717, 1.165) is 30.6 Å². The maximum absolute atomic E-state index is 10.8. The number of carbonyl (C=O) groups is 1. The molecule has 1 atom stereocenters. The minimum absolute atomic E-state index is 0.0925. The summed E-state index contributed by atoms with van der Waals surface area (Å²) in [7, 11) is 0. The number of carboxylic acids is 1. The fourth-order valence-corrected chi connectivity index (χ4v) is 3.18. The van der Waals surface area contributed by atoms with Crippen LogP contribution in [0.4, 0.5) is 0 Å². The van der Waals surface area contributed by atoms with E-state index in [9.17, 15) is 4.79 Å². The second-order valence-electron chi connectivity index (χ2n) is 4.84. The first kappa shape index (κ1) is 13.3. The highest BCUT2D eigenvalue weighted by Gasteiger charge is 2.20. The van der Waals surface area contributed by atoms with Gasteiger partial charge in [0.1, 0.15) is 0 Å². The summed E-state index contributed by atoms with van der Waals surface area (Å²) in [6.45, 7) is 0.364. The second kappa shape index (κ2) is 5.73. The van der Waals surface area contributed by atoms with Crippen molar-refractivity contribution < 1.29 is 14.6 Å². The van der Waals surface area contributed by atoms with Crippen LogP contribution in [0.15, 0.2) is 29.6 Å². The van der Waals surface area contributed by atoms with Gasteiger partial charge >= 0.3 is 5.97 Å². The molecule has 1 aliphatic rings. The molecule has 104 valence electrons. The number of rotatable bonds is 4. The van der Waals surface area contributed by atoms with E-state index in [1.807, 2.05) is 6.07 Å². The molecule has 0 aliphatic heterocycles. The lowest BCUT2D eigenvalue weighted by molar-refractivity contribution is 0.0266. The van der Waals surface area contributed by atoms with Crippen LogP contribution in [0.1, 0.15) is 45.6 Å². The third kappa shape index (κ3) is 2.73. The lowest BCUT2D eigenvalue weighted by atomic mass is 9.89. The molecule has 1 aromatic heterocycles. The molecular formula is C15H15NO3S. The number of aryl methyl sites for hydroxylation is 1. The molecule has 5 heteroatoms. The molecule has 1 N–H and O–H groups in total. The second-order valence-corrected chi connectivity index (χ2v) is 5.70. The van der Waals surface area contributed by atoms with Gasteiger partial charge in [-0.05, 0) is 30.4 Å². The van der Waals surface area contributed by atoms with Gasteiger partial charge in [-0.1, -0.05) is 24.3 Å². The molecule has 0 saturated heterocycles. The molecule has 1 unspecified atom stereocenters.